The number of nitrogens with zero attached hydrogens (tertiary/aromatic N) is 2. The Morgan fingerprint density at radius 3 is 2.90 bits per heavy atom. The number of hydrogen-bond acceptors (Lipinski definition) is 4. The number of halogens is 2. The summed E-state index contributed by atoms with van der Waals surface area (Å²) < 4.78 is 25.8. The van der Waals surface area contributed by atoms with Crippen molar-refractivity contribution in [2.45, 2.75) is 6.54 Å². The first-order valence-corrected chi connectivity index (χ1v) is 5.74. The van der Waals surface area contributed by atoms with Crippen LogP contribution in [0, 0.1) is 11.6 Å². The molecular weight excluding hydrogens is 268 g/mol. The average Bonchev–Trinajstić information content (AvgIpc) is 2.89. The highest BCUT2D eigenvalue weighted by Gasteiger charge is 2.06. The lowest BCUT2D eigenvalue weighted by molar-refractivity contribution is 0.507. The molecule has 0 aliphatic carbocycles. The van der Waals surface area contributed by atoms with E-state index < -0.39 is 11.6 Å². The number of nitrogens with one attached hydrogen (secondary N) is 3. The number of rotatable bonds is 3. The second-order valence-corrected chi connectivity index (χ2v) is 4.15. The third kappa shape index (κ3) is 2.22. The Morgan fingerprint density at radius 1 is 1.25 bits per heavy atom. The van der Waals surface area contributed by atoms with E-state index in [1.54, 1.807) is 0 Å². The third-order valence-electron chi connectivity index (χ3n) is 2.76. The van der Waals surface area contributed by atoms with E-state index in [1.165, 1.54) is 12.3 Å². The summed E-state index contributed by atoms with van der Waals surface area (Å²) in [6, 6.07) is 3.56. The molecule has 3 N–H and O–H groups in total. The molecule has 0 spiro atoms. The van der Waals surface area contributed by atoms with Crippen molar-refractivity contribution >= 4 is 17.0 Å². The van der Waals surface area contributed by atoms with Crippen LogP contribution in [-0.4, -0.2) is 20.2 Å². The number of benzene rings is 1. The van der Waals surface area contributed by atoms with Gasteiger partial charge in [-0.1, -0.05) is 6.07 Å². The third-order valence-corrected chi connectivity index (χ3v) is 2.76. The Bertz CT molecular complexity index is 826. The minimum absolute atomic E-state index is 0.194. The van der Waals surface area contributed by atoms with E-state index >= 15 is 0 Å². The summed E-state index contributed by atoms with van der Waals surface area (Å²) in [7, 11) is 0. The quantitative estimate of drug-likeness (QED) is 0.677. The van der Waals surface area contributed by atoms with Gasteiger partial charge < -0.3 is 5.32 Å². The van der Waals surface area contributed by atoms with E-state index in [0.29, 0.717) is 16.6 Å². The normalized spacial score (nSPS) is 10.9. The van der Waals surface area contributed by atoms with Crippen LogP contribution in [0.5, 0.6) is 0 Å². The Hall–Kier alpha value is -2.77. The number of anilines is 1. The van der Waals surface area contributed by atoms with Gasteiger partial charge in [0.15, 0.2) is 17.3 Å². The molecule has 0 unspecified atom stereocenters. The molecule has 3 rings (SSSR count). The van der Waals surface area contributed by atoms with Gasteiger partial charge in [0.2, 0.25) is 5.95 Å². The van der Waals surface area contributed by atoms with Crippen molar-refractivity contribution in [2.24, 2.45) is 0 Å². The van der Waals surface area contributed by atoms with Gasteiger partial charge in [-0.2, -0.15) is 10.1 Å². The summed E-state index contributed by atoms with van der Waals surface area (Å²) in [5.74, 6) is -1.61. The van der Waals surface area contributed by atoms with Crippen molar-refractivity contribution in [3.8, 4) is 0 Å². The highest BCUT2D eigenvalue weighted by Crippen LogP contribution is 2.10. The summed E-state index contributed by atoms with van der Waals surface area (Å²) in [4.78, 5) is 18.3. The van der Waals surface area contributed by atoms with Gasteiger partial charge in [-0.25, -0.2) is 8.78 Å². The van der Waals surface area contributed by atoms with Gasteiger partial charge in [-0.3, -0.25) is 14.9 Å². The molecular formula is C12H9F2N5O. The molecule has 0 radical (unpaired) electrons. The highest BCUT2D eigenvalue weighted by atomic mass is 19.2. The van der Waals surface area contributed by atoms with E-state index in [0.717, 1.165) is 12.1 Å². The number of aromatic amines is 2. The van der Waals surface area contributed by atoms with Gasteiger partial charge >= 0.3 is 0 Å². The fraction of sp³-hybridized carbons (Fsp3) is 0.0833. The van der Waals surface area contributed by atoms with E-state index in [-0.39, 0.29) is 18.1 Å². The molecule has 0 aliphatic heterocycles. The maximum atomic E-state index is 13.0. The van der Waals surface area contributed by atoms with Gasteiger partial charge in [-0.15, -0.1) is 0 Å². The molecule has 0 aliphatic rings. The van der Waals surface area contributed by atoms with Crippen LogP contribution >= 0.6 is 0 Å². The second-order valence-electron chi connectivity index (χ2n) is 4.15. The highest BCUT2D eigenvalue weighted by molar-refractivity contribution is 5.73. The Balaban J connectivity index is 1.82. The molecule has 1 aromatic carbocycles. The van der Waals surface area contributed by atoms with Crippen molar-refractivity contribution in [1.29, 1.82) is 0 Å². The zero-order chi connectivity index (χ0) is 14.1. The van der Waals surface area contributed by atoms with Gasteiger partial charge in [0.1, 0.15) is 5.39 Å². The fourth-order valence-corrected chi connectivity index (χ4v) is 1.76. The molecule has 2 heterocycles. The van der Waals surface area contributed by atoms with Crippen molar-refractivity contribution in [1.82, 2.24) is 20.2 Å². The summed E-state index contributed by atoms with van der Waals surface area (Å²) in [5, 5.41) is 9.48. The molecule has 0 saturated carbocycles. The van der Waals surface area contributed by atoms with Crippen LogP contribution in [-0.2, 0) is 6.54 Å². The lowest BCUT2D eigenvalue weighted by Crippen LogP contribution is -2.12. The fourth-order valence-electron chi connectivity index (χ4n) is 1.76. The van der Waals surface area contributed by atoms with E-state index in [2.05, 4.69) is 25.5 Å². The van der Waals surface area contributed by atoms with Gasteiger partial charge in [-0.05, 0) is 17.7 Å². The molecule has 6 nitrogen and oxygen atoms in total. The van der Waals surface area contributed by atoms with Crippen LogP contribution in [0.3, 0.4) is 0 Å². The van der Waals surface area contributed by atoms with Crippen LogP contribution in [0.1, 0.15) is 5.56 Å². The summed E-state index contributed by atoms with van der Waals surface area (Å²) in [5.41, 5.74) is 0.536. The van der Waals surface area contributed by atoms with Crippen molar-refractivity contribution < 1.29 is 8.78 Å². The molecule has 0 saturated heterocycles. The Morgan fingerprint density at radius 2 is 2.10 bits per heavy atom. The molecule has 3 aromatic rings. The van der Waals surface area contributed by atoms with Crippen LogP contribution in [0.2, 0.25) is 0 Å². The summed E-state index contributed by atoms with van der Waals surface area (Å²) in [6.07, 6.45) is 1.38. The molecule has 0 amide bonds. The number of fused-ring (bicyclic) bond motifs is 1. The maximum Gasteiger partial charge on any atom is 0.263 e. The first-order chi connectivity index (χ1) is 9.63. The first-order valence-electron chi connectivity index (χ1n) is 5.74. The first kappa shape index (κ1) is 12.3. The standard InChI is InChI=1S/C12H9F2N5O/c13-8-2-1-6(3-9(8)14)4-15-12-17-10-7(5-16-19-10)11(20)18-12/h1-3,5H,4H2,(H3,15,16,17,18,19,20). The minimum Gasteiger partial charge on any atom is -0.352 e. The molecule has 20 heavy (non-hydrogen) atoms. The van der Waals surface area contributed by atoms with Crippen LogP contribution in [0.25, 0.3) is 11.0 Å². The van der Waals surface area contributed by atoms with E-state index in [9.17, 15) is 13.6 Å². The largest absolute Gasteiger partial charge is 0.352 e. The van der Waals surface area contributed by atoms with Gasteiger partial charge in [0.05, 0.1) is 6.20 Å². The zero-order valence-corrected chi connectivity index (χ0v) is 10.1. The van der Waals surface area contributed by atoms with E-state index in [1.807, 2.05) is 0 Å². The molecule has 102 valence electrons. The SMILES string of the molecule is O=c1[nH]c(NCc2ccc(F)c(F)c2)nc2[nH]ncc12. The predicted molar refractivity (Wildman–Crippen MR) is 68.2 cm³/mol. The van der Waals surface area contributed by atoms with Crippen molar-refractivity contribution in [2.75, 3.05) is 5.32 Å². The topological polar surface area (TPSA) is 86.5 Å². The Labute approximate surface area is 110 Å². The average molecular weight is 277 g/mol. The van der Waals surface area contributed by atoms with Gasteiger partial charge in [0, 0.05) is 6.54 Å². The minimum atomic E-state index is -0.922. The molecule has 0 fully saturated rings. The summed E-state index contributed by atoms with van der Waals surface area (Å²) >= 11 is 0. The number of aromatic nitrogens is 4. The molecule has 8 heteroatoms. The maximum absolute atomic E-state index is 13.0. The molecule has 2 aromatic heterocycles. The van der Waals surface area contributed by atoms with Crippen LogP contribution in [0.4, 0.5) is 14.7 Å². The summed E-state index contributed by atoms with van der Waals surface area (Å²) in [6.45, 7) is 0.194. The lowest BCUT2D eigenvalue weighted by Gasteiger charge is -2.05. The zero-order valence-electron chi connectivity index (χ0n) is 10.1. The number of H-pyrrole nitrogens is 2. The van der Waals surface area contributed by atoms with Crippen molar-refractivity contribution in [3.05, 3.63) is 51.9 Å². The second kappa shape index (κ2) is 4.72. The molecule has 0 bridgehead atoms. The van der Waals surface area contributed by atoms with Crippen LogP contribution < -0.4 is 10.9 Å². The van der Waals surface area contributed by atoms with E-state index in [4.69, 9.17) is 0 Å². The predicted octanol–water partition coefficient (Wildman–Crippen LogP) is 1.54. The monoisotopic (exact) mass is 277 g/mol. The number of hydrogen-bond donors (Lipinski definition) is 3. The van der Waals surface area contributed by atoms with Gasteiger partial charge in [0.25, 0.3) is 5.56 Å². The van der Waals surface area contributed by atoms with Crippen LogP contribution in [0.15, 0.2) is 29.2 Å². The van der Waals surface area contributed by atoms with Crippen molar-refractivity contribution in [3.63, 3.8) is 0 Å². The smallest absolute Gasteiger partial charge is 0.263 e. The molecule has 0 atom stereocenters. The Kier molecular flexibility index (Phi) is 2.90. The lowest BCUT2D eigenvalue weighted by atomic mass is 10.2.